The van der Waals surface area contributed by atoms with Crippen molar-refractivity contribution in [3.05, 3.63) is 0 Å². The van der Waals surface area contributed by atoms with Crippen LogP contribution in [0, 0.1) is 0 Å². The quantitative estimate of drug-likeness (QED) is 0.447. The average Bonchev–Trinajstić information content (AvgIpc) is 2.73. The van der Waals surface area contributed by atoms with Crippen LogP contribution in [0.2, 0.25) is 0 Å². The van der Waals surface area contributed by atoms with Gasteiger partial charge in [0.15, 0.2) is 9.84 Å². The van der Waals surface area contributed by atoms with E-state index in [9.17, 15) is 13.2 Å². The third-order valence-corrected chi connectivity index (χ3v) is 6.44. The van der Waals surface area contributed by atoms with Crippen LogP contribution in [-0.4, -0.2) is 44.0 Å². The van der Waals surface area contributed by atoms with Gasteiger partial charge in [-0.15, -0.1) is 11.6 Å². The summed E-state index contributed by atoms with van der Waals surface area (Å²) in [6.45, 7) is 2.59. The minimum Gasteiger partial charge on any atom is -0.450 e. The molecule has 0 aromatic heterocycles. The minimum atomic E-state index is -3.14. The summed E-state index contributed by atoms with van der Waals surface area (Å²) in [5.74, 6) is -0.188. The molecule has 5 nitrogen and oxygen atoms in total. The van der Waals surface area contributed by atoms with E-state index in [0.29, 0.717) is 6.61 Å². The molecule has 2 unspecified atom stereocenters. The number of rotatable bonds is 11. The number of nitrogens with one attached hydrogen (secondary N) is 1. The van der Waals surface area contributed by atoms with Gasteiger partial charge in [-0.2, -0.15) is 0 Å². The van der Waals surface area contributed by atoms with E-state index in [0.717, 1.165) is 12.8 Å². The Kier molecular flexibility index (Phi) is 9.95. The smallest absolute Gasteiger partial charge is 0.407 e. The Hall–Kier alpha value is -0.490. The summed E-state index contributed by atoms with van der Waals surface area (Å²) >= 11 is 5.92. The number of hydrogen-bond donors (Lipinski definition) is 1. The zero-order valence-corrected chi connectivity index (χ0v) is 15.6. The highest BCUT2D eigenvalue weighted by molar-refractivity contribution is 7.91. The molecule has 1 fully saturated rings. The number of hydrogen-bond acceptors (Lipinski definition) is 4. The number of unbranched alkanes of at least 4 members (excludes halogenated alkanes) is 8. The number of carbonyl (C=O) groups is 1. The molecule has 1 N–H and O–H groups in total. The van der Waals surface area contributed by atoms with Crippen molar-refractivity contribution in [2.75, 3.05) is 18.1 Å². The highest BCUT2D eigenvalue weighted by atomic mass is 35.5. The van der Waals surface area contributed by atoms with Crippen molar-refractivity contribution in [1.29, 1.82) is 0 Å². The Morgan fingerprint density at radius 3 is 2.13 bits per heavy atom. The molecule has 2 atom stereocenters. The van der Waals surface area contributed by atoms with E-state index in [1.54, 1.807) is 0 Å². The summed E-state index contributed by atoms with van der Waals surface area (Å²) in [6.07, 6.45) is 10.3. The first-order valence-electron chi connectivity index (χ1n) is 8.72. The maximum atomic E-state index is 11.6. The highest BCUT2D eigenvalue weighted by Gasteiger charge is 2.37. The van der Waals surface area contributed by atoms with Crippen molar-refractivity contribution in [1.82, 2.24) is 5.32 Å². The fourth-order valence-electron chi connectivity index (χ4n) is 2.71. The van der Waals surface area contributed by atoms with Gasteiger partial charge in [0, 0.05) is 0 Å². The van der Waals surface area contributed by atoms with Gasteiger partial charge in [-0.1, -0.05) is 58.3 Å². The third-order valence-electron chi connectivity index (χ3n) is 4.07. The zero-order chi connectivity index (χ0) is 17.1. The second kappa shape index (κ2) is 11.1. The molecule has 23 heavy (non-hydrogen) atoms. The lowest BCUT2D eigenvalue weighted by molar-refractivity contribution is 0.141. The Labute approximate surface area is 145 Å². The maximum Gasteiger partial charge on any atom is 0.407 e. The fraction of sp³-hybridized carbons (Fsp3) is 0.938. The highest BCUT2D eigenvalue weighted by Crippen LogP contribution is 2.18. The lowest BCUT2D eigenvalue weighted by Crippen LogP contribution is -2.41. The second-order valence-electron chi connectivity index (χ2n) is 6.31. The van der Waals surface area contributed by atoms with Crippen molar-refractivity contribution in [2.24, 2.45) is 0 Å². The number of alkyl carbamates (subject to hydrolysis) is 1. The van der Waals surface area contributed by atoms with Crippen molar-refractivity contribution in [2.45, 2.75) is 76.1 Å². The van der Waals surface area contributed by atoms with E-state index in [-0.39, 0.29) is 11.5 Å². The molecule has 0 aliphatic carbocycles. The summed E-state index contributed by atoms with van der Waals surface area (Å²) in [7, 11) is -3.14. The van der Waals surface area contributed by atoms with Gasteiger partial charge >= 0.3 is 6.09 Å². The van der Waals surface area contributed by atoms with Crippen LogP contribution < -0.4 is 5.32 Å². The van der Waals surface area contributed by atoms with Gasteiger partial charge in [-0.25, -0.2) is 13.2 Å². The van der Waals surface area contributed by atoms with Gasteiger partial charge in [0.1, 0.15) is 0 Å². The van der Waals surface area contributed by atoms with Crippen molar-refractivity contribution in [3.8, 4) is 0 Å². The molecular formula is C16H30ClNO4S. The van der Waals surface area contributed by atoms with Crippen LogP contribution in [-0.2, 0) is 14.6 Å². The molecule has 1 rings (SSSR count). The Morgan fingerprint density at radius 2 is 1.61 bits per heavy atom. The molecule has 7 heteroatoms. The third kappa shape index (κ3) is 9.40. The molecule has 0 saturated carbocycles. The van der Waals surface area contributed by atoms with Crippen LogP contribution in [0.25, 0.3) is 0 Å². The summed E-state index contributed by atoms with van der Waals surface area (Å²) in [5.41, 5.74) is 0. The largest absolute Gasteiger partial charge is 0.450 e. The monoisotopic (exact) mass is 367 g/mol. The van der Waals surface area contributed by atoms with Crippen LogP contribution >= 0.6 is 11.6 Å². The van der Waals surface area contributed by atoms with Gasteiger partial charge in [-0.05, 0) is 6.42 Å². The van der Waals surface area contributed by atoms with Gasteiger partial charge < -0.3 is 10.1 Å². The number of amides is 1. The van der Waals surface area contributed by atoms with Crippen LogP contribution in [0.15, 0.2) is 0 Å². The van der Waals surface area contributed by atoms with E-state index in [2.05, 4.69) is 12.2 Å². The molecule has 0 aromatic carbocycles. The molecule has 1 amide bonds. The van der Waals surface area contributed by atoms with Crippen LogP contribution in [0.5, 0.6) is 0 Å². The number of ether oxygens (including phenoxy) is 1. The normalized spacial score (nSPS) is 22.9. The molecule has 0 spiro atoms. The molecule has 0 bridgehead atoms. The molecule has 1 aliphatic rings. The van der Waals surface area contributed by atoms with Crippen LogP contribution in [0.3, 0.4) is 0 Å². The second-order valence-corrected chi connectivity index (χ2v) is 9.02. The molecule has 1 saturated heterocycles. The number of sulfone groups is 1. The van der Waals surface area contributed by atoms with Crippen molar-refractivity contribution >= 4 is 27.5 Å². The van der Waals surface area contributed by atoms with Gasteiger partial charge in [0.05, 0.1) is 29.5 Å². The van der Waals surface area contributed by atoms with Crippen molar-refractivity contribution in [3.63, 3.8) is 0 Å². The van der Waals surface area contributed by atoms with E-state index in [1.165, 1.54) is 44.9 Å². The zero-order valence-electron chi connectivity index (χ0n) is 14.1. The Balaban J connectivity index is 1.96. The Bertz CT molecular complexity index is 441. The Morgan fingerprint density at radius 1 is 1.04 bits per heavy atom. The van der Waals surface area contributed by atoms with E-state index < -0.39 is 27.3 Å². The topological polar surface area (TPSA) is 72.5 Å². The van der Waals surface area contributed by atoms with Crippen LogP contribution in [0.1, 0.15) is 64.7 Å². The van der Waals surface area contributed by atoms with Crippen LogP contribution in [0.4, 0.5) is 4.79 Å². The first-order valence-corrected chi connectivity index (χ1v) is 11.0. The van der Waals surface area contributed by atoms with Gasteiger partial charge in [-0.3, -0.25) is 0 Å². The SMILES string of the molecule is CCCCCCCCCCCOC(=O)NC1CS(=O)(=O)CC1Cl. The van der Waals surface area contributed by atoms with Gasteiger partial charge in [0.2, 0.25) is 0 Å². The molecule has 1 aliphatic heterocycles. The van der Waals surface area contributed by atoms with E-state index in [1.807, 2.05) is 0 Å². The fourth-order valence-corrected chi connectivity index (χ4v) is 5.26. The standard InChI is InChI=1S/C16H30ClNO4S/c1-2-3-4-5-6-7-8-9-10-11-22-16(19)18-15-13-23(20,21)12-14(15)17/h14-15H,2-13H2,1H3,(H,18,19). The minimum absolute atomic E-state index is 0.0856. The number of carbonyl (C=O) groups excluding carboxylic acids is 1. The van der Waals surface area contributed by atoms with Gasteiger partial charge in [0.25, 0.3) is 0 Å². The average molecular weight is 368 g/mol. The number of halogens is 1. The summed E-state index contributed by atoms with van der Waals surface area (Å²) in [4.78, 5) is 11.6. The predicted octanol–water partition coefficient (Wildman–Crippen LogP) is 3.65. The molecule has 0 aromatic rings. The molecule has 1 heterocycles. The van der Waals surface area contributed by atoms with Crippen molar-refractivity contribution < 1.29 is 17.9 Å². The lowest BCUT2D eigenvalue weighted by Gasteiger charge is -2.14. The van der Waals surface area contributed by atoms with E-state index >= 15 is 0 Å². The first kappa shape index (κ1) is 20.6. The summed E-state index contributed by atoms with van der Waals surface area (Å²) in [5, 5.41) is 1.97. The molecular weight excluding hydrogens is 338 g/mol. The maximum absolute atomic E-state index is 11.6. The lowest BCUT2D eigenvalue weighted by atomic mass is 10.1. The molecule has 0 radical (unpaired) electrons. The van der Waals surface area contributed by atoms with E-state index in [4.69, 9.17) is 16.3 Å². The number of alkyl halides is 1. The summed E-state index contributed by atoms with van der Waals surface area (Å²) in [6, 6.07) is -0.544. The molecule has 136 valence electrons. The summed E-state index contributed by atoms with van der Waals surface area (Å²) < 4.78 is 27.9. The predicted molar refractivity (Wildman–Crippen MR) is 93.8 cm³/mol. The first-order chi connectivity index (χ1) is 10.9.